The van der Waals surface area contributed by atoms with Crippen molar-refractivity contribution < 1.29 is 4.74 Å². The van der Waals surface area contributed by atoms with Crippen LogP contribution in [0, 0.1) is 0 Å². The zero-order valence-electron chi connectivity index (χ0n) is 13.9. The molecule has 23 heavy (non-hydrogen) atoms. The molecule has 0 N–H and O–H groups in total. The molecule has 5 heteroatoms. The van der Waals surface area contributed by atoms with Crippen LogP contribution in [0.3, 0.4) is 0 Å². The molecule has 1 atom stereocenters. The van der Waals surface area contributed by atoms with Crippen LogP contribution < -0.4 is 0 Å². The molecular weight excluding hydrogens is 324 g/mol. The van der Waals surface area contributed by atoms with Gasteiger partial charge in [0.25, 0.3) is 0 Å². The maximum atomic E-state index is 5.81. The highest BCUT2D eigenvalue weighted by molar-refractivity contribution is 7.99. The third-order valence-electron chi connectivity index (χ3n) is 5.42. The Morgan fingerprint density at radius 3 is 2.61 bits per heavy atom. The van der Waals surface area contributed by atoms with Crippen LogP contribution in [0.5, 0.6) is 0 Å². The van der Waals surface area contributed by atoms with E-state index in [-0.39, 0.29) is 0 Å². The van der Waals surface area contributed by atoms with E-state index in [4.69, 9.17) is 4.74 Å². The van der Waals surface area contributed by atoms with Crippen LogP contribution in [-0.2, 0) is 11.3 Å². The summed E-state index contributed by atoms with van der Waals surface area (Å²) in [5.41, 5.74) is 0. The zero-order chi connectivity index (χ0) is 15.5. The lowest BCUT2D eigenvalue weighted by Gasteiger charge is -2.40. The maximum Gasteiger partial charge on any atom is 0.0917 e. The number of thiophene rings is 1. The molecule has 3 fully saturated rings. The van der Waals surface area contributed by atoms with Gasteiger partial charge in [0, 0.05) is 55.1 Å². The molecule has 0 spiro atoms. The molecule has 0 radical (unpaired) electrons. The van der Waals surface area contributed by atoms with Gasteiger partial charge in [-0.3, -0.25) is 9.80 Å². The van der Waals surface area contributed by atoms with E-state index in [9.17, 15) is 0 Å². The van der Waals surface area contributed by atoms with Crippen molar-refractivity contribution in [1.29, 1.82) is 0 Å². The van der Waals surface area contributed by atoms with Gasteiger partial charge in [0.15, 0.2) is 0 Å². The average molecular weight is 353 g/mol. The summed E-state index contributed by atoms with van der Waals surface area (Å²) in [6.07, 6.45) is 5.62. The Kier molecular flexibility index (Phi) is 5.61. The number of ether oxygens (including phenoxy) is 1. The van der Waals surface area contributed by atoms with Crippen molar-refractivity contribution >= 4 is 23.1 Å². The summed E-state index contributed by atoms with van der Waals surface area (Å²) in [6, 6.07) is 5.49. The summed E-state index contributed by atoms with van der Waals surface area (Å²) in [4.78, 5) is 8.34. The average Bonchev–Trinajstić information content (AvgIpc) is 3.28. The van der Waals surface area contributed by atoms with Crippen molar-refractivity contribution in [3.05, 3.63) is 21.9 Å². The Balaban J connectivity index is 1.26. The molecule has 0 amide bonds. The van der Waals surface area contributed by atoms with Crippen molar-refractivity contribution in [2.45, 2.75) is 44.4 Å². The van der Waals surface area contributed by atoms with Crippen LogP contribution in [-0.4, -0.2) is 60.1 Å². The monoisotopic (exact) mass is 352 g/mol. The second-order valence-corrected chi connectivity index (χ2v) is 9.39. The van der Waals surface area contributed by atoms with E-state index in [2.05, 4.69) is 33.7 Å². The molecule has 4 heterocycles. The smallest absolute Gasteiger partial charge is 0.0917 e. The van der Waals surface area contributed by atoms with Crippen LogP contribution in [0.15, 0.2) is 12.1 Å². The van der Waals surface area contributed by atoms with Gasteiger partial charge in [-0.1, -0.05) is 0 Å². The lowest BCUT2D eigenvalue weighted by atomic mass is 10.1. The van der Waals surface area contributed by atoms with Gasteiger partial charge in [0.2, 0.25) is 0 Å². The summed E-state index contributed by atoms with van der Waals surface area (Å²) < 4.78 is 5.81. The van der Waals surface area contributed by atoms with Crippen molar-refractivity contribution in [3.8, 4) is 0 Å². The predicted octanol–water partition coefficient (Wildman–Crippen LogP) is 3.61. The highest BCUT2D eigenvalue weighted by atomic mass is 32.2. The zero-order valence-corrected chi connectivity index (χ0v) is 15.5. The molecule has 0 aromatic carbocycles. The number of rotatable bonds is 4. The minimum absolute atomic E-state index is 0.384. The van der Waals surface area contributed by atoms with Gasteiger partial charge in [-0.25, -0.2) is 0 Å². The topological polar surface area (TPSA) is 15.7 Å². The first-order chi connectivity index (χ1) is 11.4. The molecule has 0 saturated carbocycles. The standard InChI is InChI=1S/C18H28N2OS2/c1-2-17(21-11-1)18-4-3-16(23-18)14-19-7-9-20(10-8-19)15-5-12-22-13-6-15/h3-4,15,17H,1-2,5-14H2/t17-/m1/s1. The second-order valence-electron chi connectivity index (χ2n) is 6.96. The second kappa shape index (κ2) is 7.87. The van der Waals surface area contributed by atoms with E-state index in [1.54, 1.807) is 0 Å². The normalized spacial score (nSPS) is 28.4. The number of hydrogen-bond donors (Lipinski definition) is 0. The Labute approximate surface area is 148 Å². The third-order valence-corrected chi connectivity index (χ3v) is 7.63. The summed E-state index contributed by atoms with van der Waals surface area (Å²) in [6.45, 7) is 7.07. The van der Waals surface area contributed by atoms with Crippen LogP contribution >= 0.6 is 23.1 Å². The van der Waals surface area contributed by atoms with Crippen molar-refractivity contribution in [1.82, 2.24) is 9.80 Å². The fraction of sp³-hybridized carbons (Fsp3) is 0.778. The molecule has 3 aliphatic heterocycles. The summed E-state index contributed by atoms with van der Waals surface area (Å²) in [5, 5.41) is 0. The lowest BCUT2D eigenvalue weighted by molar-refractivity contribution is 0.0885. The van der Waals surface area contributed by atoms with Crippen LogP contribution in [0.1, 0.15) is 41.5 Å². The molecule has 1 aromatic heterocycles. The van der Waals surface area contributed by atoms with Crippen LogP contribution in [0.2, 0.25) is 0 Å². The fourth-order valence-corrected chi connectivity index (χ4v) is 6.23. The van der Waals surface area contributed by atoms with Gasteiger partial charge >= 0.3 is 0 Å². The molecule has 3 saturated heterocycles. The largest absolute Gasteiger partial charge is 0.373 e. The van der Waals surface area contributed by atoms with Crippen molar-refractivity contribution in [3.63, 3.8) is 0 Å². The van der Waals surface area contributed by atoms with Gasteiger partial charge in [0.05, 0.1) is 6.10 Å². The van der Waals surface area contributed by atoms with E-state index in [1.165, 1.54) is 73.1 Å². The van der Waals surface area contributed by atoms with Crippen molar-refractivity contribution in [2.75, 3.05) is 44.3 Å². The highest BCUT2D eigenvalue weighted by Gasteiger charge is 2.26. The fourth-order valence-electron chi connectivity index (χ4n) is 4.01. The highest BCUT2D eigenvalue weighted by Crippen LogP contribution is 2.33. The SMILES string of the molecule is c1cc([C@H]2CCCO2)sc1CN1CCN(C2CCSCC2)CC1. The molecule has 1 aromatic rings. The number of piperazine rings is 1. The first kappa shape index (κ1) is 16.4. The molecule has 0 aliphatic carbocycles. The number of thioether (sulfide) groups is 1. The van der Waals surface area contributed by atoms with Crippen LogP contribution in [0.4, 0.5) is 0 Å². The molecule has 3 nitrogen and oxygen atoms in total. The Hall–Kier alpha value is -0.0700. The van der Waals surface area contributed by atoms with E-state index in [0.29, 0.717) is 6.10 Å². The third kappa shape index (κ3) is 4.13. The molecular formula is C18H28N2OS2. The summed E-state index contributed by atoms with van der Waals surface area (Å²) >= 11 is 4.10. The molecule has 0 unspecified atom stereocenters. The molecule has 3 aliphatic rings. The lowest BCUT2D eigenvalue weighted by Crippen LogP contribution is -2.50. The summed E-state index contributed by atoms with van der Waals surface area (Å²) in [7, 11) is 0. The number of hydrogen-bond acceptors (Lipinski definition) is 5. The molecule has 128 valence electrons. The van der Waals surface area contributed by atoms with E-state index in [0.717, 1.165) is 19.2 Å². The Bertz CT molecular complexity index is 487. The first-order valence-corrected chi connectivity index (χ1v) is 11.1. The first-order valence-electron chi connectivity index (χ1n) is 9.13. The van der Waals surface area contributed by atoms with Gasteiger partial charge in [0.1, 0.15) is 0 Å². The Morgan fingerprint density at radius 1 is 1.04 bits per heavy atom. The van der Waals surface area contributed by atoms with Gasteiger partial charge in [-0.05, 0) is 49.3 Å². The predicted molar refractivity (Wildman–Crippen MR) is 99.4 cm³/mol. The van der Waals surface area contributed by atoms with Gasteiger partial charge in [-0.15, -0.1) is 11.3 Å². The summed E-state index contributed by atoms with van der Waals surface area (Å²) in [5.74, 6) is 2.73. The van der Waals surface area contributed by atoms with E-state index >= 15 is 0 Å². The molecule has 4 rings (SSSR count). The number of nitrogens with zero attached hydrogens (tertiary/aromatic N) is 2. The van der Waals surface area contributed by atoms with E-state index in [1.807, 2.05) is 11.3 Å². The minimum Gasteiger partial charge on any atom is -0.373 e. The quantitative estimate of drug-likeness (QED) is 0.822. The van der Waals surface area contributed by atoms with E-state index < -0.39 is 0 Å². The van der Waals surface area contributed by atoms with Gasteiger partial charge < -0.3 is 4.74 Å². The van der Waals surface area contributed by atoms with Crippen LogP contribution in [0.25, 0.3) is 0 Å². The Morgan fingerprint density at radius 2 is 1.87 bits per heavy atom. The minimum atomic E-state index is 0.384. The van der Waals surface area contributed by atoms with Crippen molar-refractivity contribution in [2.24, 2.45) is 0 Å². The molecule has 0 bridgehead atoms. The maximum absolute atomic E-state index is 5.81. The van der Waals surface area contributed by atoms with Gasteiger partial charge in [-0.2, -0.15) is 11.8 Å².